The number of ether oxygens (including phenoxy) is 2. The van der Waals surface area contributed by atoms with E-state index in [1.54, 1.807) is 4.57 Å². The van der Waals surface area contributed by atoms with Gasteiger partial charge in [-0.25, -0.2) is 4.79 Å². The highest BCUT2D eigenvalue weighted by Gasteiger charge is 2.20. The Morgan fingerprint density at radius 3 is 2.78 bits per heavy atom. The largest absolute Gasteiger partial charge is 0.491 e. The molecular weight excluding hydrogens is 414 g/mol. The van der Waals surface area contributed by atoms with Crippen molar-refractivity contribution >= 4 is 17.1 Å². The molecule has 0 aliphatic heterocycles. The van der Waals surface area contributed by atoms with Crippen molar-refractivity contribution < 1.29 is 14.6 Å². The maximum Gasteiger partial charge on any atom is 0.329 e. The topological polar surface area (TPSA) is 123 Å². The van der Waals surface area contributed by atoms with E-state index in [2.05, 4.69) is 15.3 Å². The smallest absolute Gasteiger partial charge is 0.329 e. The number of aryl methyl sites for hydroxylation is 2. The van der Waals surface area contributed by atoms with Crippen molar-refractivity contribution in [2.75, 3.05) is 25.1 Å². The number of benzene rings is 1. The van der Waals surface area contributed by atoms with E-state index in [0.29, 0.717) is 24.8 Å². The lowest BCUT2D eigenvalue weighted by Gasteiger charge is -2.16. The summed E-state index contributed by atoms with van der Waals surface area (Å²) in [6.07, 6.45) is -0.0269. The van der Waals surface area contributed by atoms with Crippen molar-refractivity contribution in [3.63, 3.8) is 0 Å². The van der Waals surface area contributed by atoms with Crippen molar-refractivity contribution in [1.82, 2.24) is 19.1 Å². The SMILES string of the molecule is Cc1cccc(OC[C@H](O)Cn2c(NCCCOC(C)C)nc3c2c(=O)[nH]c(=O)n3C)c1. The summed E-state index contributed by atoms with van der Waals surface area (Å²) < 4.78 is 14.1. The normalized spacial score (nSPS) is 12.4. The number of imidazole rings is 1. The van der Waals surface area contributed by atoms with Crippen LogP contribution in [0.2, 0.25) is 0 Å². The molecule has 174 valence electrons. The predicted molar refractivity (Wildman–Crippen MR) is 122 cm³/mol. The summed E-state index contributed by atoms with van der Waals surface area (Å²) in [5.74, 6) is 1.05. The first kappa shape index (κ1) is 23.6. The van der Waals surface area contributed by atoms with E-state index in [1.807, 2.05) is 45.0 Å². The average molecular weight is 446 g/mol. The van der Waals surface area contributed by atoms with Crippen LogP contribution in [0.25, 0.3) is 11.2 Å². The minimum absolute atomic E-state index is 0.0362. The first-order chi connectivity index (χ1) is 15.3. The highest BCUT2D eigenvalue weighted by atomic mass is 16.5. The number of rotatable bonds is 11. The van der Waals surface area contributed by atoms with Gasteiger partial charge in [0.15, 0.2) is 11.2 Å². The van der Waals surface area contributed by atoms with Crippen LogP contribution in [0.15, 0.2) is 33.9 Å². The number of aliphatic hydroxyl groups excluding tert-OH is 1. The lowest BCUT2D eigenvalue weighted by Crippen LogP contribution is -2.31. The standard InChI is InChI=1S/C22H31N5O5/c1-14(2)31-10-6-9-23-21-24-19-18(20(29)25-22(30)26(19)4)27(21)12-16(28)13-32-17-8-5-7-15(3)11-17/h5,7-8,11,14,16,28H,6,9-10,12-13H2,1-4H3,(H,23,24)(H,25,29,30)/t16-/m1/s1. The molecule has 3 aromatic rings. The monoisotopic (exact) mass is 445 g/mol. The van der Waals surface area contributed by atoms with Crippen LogP contribution >= 0.6 is 0 Å². The fourth-order valence-electron chi connectivity index (χ4n) is 3.30. The van der Waals surface area contributed by atoms with Crippen LogP contribution in [0.5, 0.6) is 5.75 Å². The molecule has 0 amide bonds. The maximum atomic E-state index is 12.5. The number of aromatic nitrogens is 4. The van der Waals surface area contributed by atoms with Gasteiger partial charge in [0.1, 0.15) is 18.5 Å². The minimum Gasteiger partial charge on any atom is -0.491 e. The molecule has 0 aliphatic rings. The van der Waals surface area contributed by atoms with E-state index in [9.17, 15) is 14.7 Å². The average Bonchev–Trinajstić information content (AvgIpc) is 3.09. The molecule has 2 aromatic heterocycles. The van der Waals surface area contributed by atoms with Gasteiger partial charge in [0.25, 0.3) is 5.56 Å². The van der Waals surface area contributed by atoms with Crippen molar-refractivity contribution in [3.05, 3.63) is 50.7 Å². The van der Waals surface area contributed by atoms with Gasteiger partial charge in [0.05, 0.1) is 12.6 Å². The Balaban J connectivity index is 1.80. The Hall–Kier alpha value is -3.11. The van der Waals surface area contributed by atoms with E-state index in [-0.39, 0.29) is 30.4 Å². The van der Waals surface area contributed by atoms with E-state index >= 15 is 0 Å². The zero-order chi connectivity index (χ0) is 23.3. The van der Waals surface area contributed by atoms with Gasteiger partial charge in [0, 0.05) is 20.2 Å². The molecule has 0 spiro atoms. The fourth-order valence-corrected chi connectivity index (χ4v) is 3.30. The number of hydrogen-bond donors (Lipinski definition) is 3. The van der Waals surface area contributed by atoms with E-state index in [4.69, 9.17) is 9.47 Å². The summed E-state index contributed by atoms with van der Waals surface area (Å²) in [5, 5.41) is 13.8. The van der Waals surface area contributed by atoms with Crippen LogP contribution in [0, 0.1) is 6.92 Å². The lowest BCUT2D eigenvalue weighted by atomic mass is 10.2. The Labute approximate surface area is 185 Å². The van der Waals surface area contributed by atoms with Gasteiger partial charge in [-0.1, -0.05) is 12.1 Å². The zero-order valence-electron chi connectivity index (χ0n) is 18.9. The van der Waals surface area contributed by atoms with Crippen LogP contribution in [0.1, 0.15) is 25.8 Å². The van der Waals surface area contributed by atoms with Crippen molar-refractivity contribution in [3.8, 4) is 5.75 Å². The summed E-state index contributed by atoms with van der Waals surface area (Å²) >= 11 is 0. The molecule has 1 aromatic carbocycles. The number of aliphatic hydroxyl groups is 1. The number of anilines is 1. The third-order valence-electron chi connectivity index (χ3n) is 4.89. The minimum atomic E-state index is -0.908. The van der Waals surface area contributed by atoms with Gasteiger partial charge in [-0.2, -0.15) is 4.98 Å². The molecule has 32 heavy (non-hydrogen) atoms. The highest BCUT2D eigenvalue weighted by Crippen LogP contribution is 2.17. The van der Waals surface area contributed by atoms with E-state index in [1.165, 1.54) is 11.6 Å². The summed E-state index contributed by atoms with van der Waals surface area (Å²) in [6.45, 7) is 7.14. The molecule has 0 aliphatic carbocycles. The lowest BCUT2D eigenvalue weighted by molar-refractivity contribution is 0.0786. The molecule has 3 rings (SSSR count). The van der Waals surface area contributed by atoms with Crippen LogP contribution < -0.4 is 21.3 Å². The summed E-state index contributed by atoms with van der Waals surface area (Å²) in [5.41, 5.74) is 0.401. The van der Waals surface area contributed by atoms with Crippen LogP contribution in [0.4, 0.5) is 5.95 Å². The summed E-state index contributed by atoms with van der Waals surface area (Å²) in [7, 11) is 1.54. The molecule has 0 saturated carbocycles. The molecule has 1 atom stereocenters. The van der Waals surface area contributed by atoms with E-state index < -0.39 is 17.4 Å². The zero-order valence-corrected chi connectivity index (χ0v) is 18.9. The van der Waals surface area contributed by atoms with Crippen LogP contribution in [-0.4, -0.2) is 56.2 Å². The third-order valence-corrected chi connectivity index (χ3v) is 4.89. The predicted octanol–water partition coefficient (Wildman–Crippen LogP) is 1.40. The Kier molecular flexibility index (Phi) is 7.70. The highest BCUT2D eigenvalue weighted by molar-refractivity contribution is 5.74. The van der Waals surface area contributed by atoms with Gasteiger partial charge in [-0.05, 0) is 44.9 Å². The summed E-state index contributed by atoms with van der Waals surface area (Å²) in [6, 6.07) is 7.54. The van der Waals surface area contributed by atoms with Gasteiger partial charge in [-0.15, -0.1) is 0 Å². The Morgan fingerprint density at radius 1 is 1.28 bits per heavy atom. The molecule has 3 N–H and O–H groups in total. The number of H-pyrrole nitrogens is 1. The van der Waals surface area contributed by atoms with Crippen LogP contribution in [-0.2, 0) is 18.3 Å². The molecule has 0 bridgehead atoms. The van der Waals surface area contributed by atoms with Gasteiger partial charge >= 0.3 is 5.69 Å². The molecule has 10 heteroatoms. The van der Waals surface area contributed by atoms with Crippen LogP contribution in [0.3, 0.4) is 0 Å². The first-order valence-electron chi connectivity index (χ1n) is 10.7. The second-order valence-electron chi connectivity index (χ2n) is 8.02. The molecule has 0 saturated heterocycles. The first-order valence-corrected chi connectivity index (χ1v) is 10.7. The van der Waals surface area contributed by atoms with Crippen molar-refractivity contribution in [2.24, 2.45) is 7.05 Å². The van der Waals surface area contributed by atoms with Gasteiger partial charge in [-0.3, -0.25) is 14.3 Å². The number of fused-ring (bicyclic) bond motifs is 1. The van der Waals surface area contributed by atoms with Crippen molar-refractivity contribution in [2.45, 2.75) is 45.9 Å². The third kappa shape index (κ3) is 5.77. The molecule has 0 radical (unpaired) electrons. The molecule has 0 unspecified atom stereocenters. The van der Waals surface area contributed by atoms with Gasteiger partial charge < -0.3 is 24.5 Å². The molecule has 0 fully saturated rings. The van der Waals surface area contributed by atoms with Crippen molar-refractivity contribution in [1.29, 1.82) is 0 Å². The molecular formula is C22H31N5O5. The quantitative estimate of drug-likeness (QED) is 0.381. The maximum absolute atomic E-state index is 12.5. The van der Waals surface area contributed by atoms with Gasteiger partial charge in [0.2, 0.25) is 5.95 Å². The molecule has 2 heterocycles. The number of aromatic amines is 1. The second-order valence-corrected chi connectivity index (χ2v) is 8.02. The number of nitrogens with zero attached hydrogens (tertiary/aromatic N) is 3. The Morgan fingerprint density at radius 2 is 2.06 bits per heavy atom. The van der Waals surface area contributed by atoms with E-state index in [0.717, 1.165) is 12.0 Å². The molecule has 10 nitrogen and oxygen atoms in total. The summed E-state index contributed by atoms with van der Waals surface area (Å²) in [4.78, 5) is 31.3. The number of hydrogen-bond acceptors (Lipinski definition) is 7. The fraction of sp³-hybridized carbons (Fsp3) is 0.500. The Bertz CT molecular complexity index is 1160. The number of nitrogens with one attached hydrogen (secondary N) is 2. The second kappa shape index (κ2) is 10.5.